The second-order valence-corrected chi connectivity index (χ2v) is 12.5. The molecule has 8 bridgehead atoms. The maximum absolute atomic E-state index is 5.22. The van der Waals surface area contributed by atoms with Crippen molar-refractivity contribution in [2.75, 3.05) is 0 Å². The molecule has 0 aliphatic heterocycles. The van der Waals surface area contributed by atoms with E-state index in [1.807, 2.05) is 0 Å². The Bertz CT molecular complexity index is 931. The van der Waals surface area contributed by atoms with E-state index in [0.29, 0.717) is 11.6 Å². The summed E-state index contributed by atoms with van der Waals surface area (Å²) in [6.07, 6.45) is 15.5. The van der Waals surface area contributed by atoms with Crippen LogP contribution in [0.5, 0.6) is 0 Å². The molecule has 8 heteroatoms. The predicted molar refractivity (Wildman–Crippen MR) is 112 cm³/mol. The van der Waals surface area contributed by atoms with E-state index in [-0.39, 0.29) is 10.8 Å². The van der Waals surface area contributed by atoms with Crippen LogP contribution >= 0.6 is 0 Å². The fourth-order valence-corrected chi connectivity index (χ4v) is 10.1. The molecule has 8 saturated carbocycles. The lowest BCUT2D eigenvalue weighted by atomic mass is 9.49. The first-order valence-electron chi connectivity index (χ1n) is 12.7. The Kier molecular flexibility index (Phi) is 3.58. The Morgan fingerprint density at radius 3 is 1.12 bits per heavy atom. The van der Waals surface area contributed by atoms with Crippen LogP contribution in [0.25, 0.3) is 0 Å². The molecule has 8 aliphatic carbocycles. The van der Waals surface area contributed by atoms with Gasteiger partial charge in [-0.1, -0.05) is 10.3 Å². The van der Waals surface area contributed by atoms with Crippen molar-refractivity contribution in [1.82, 2.24) is 20.6 Å². The molecule has 0 amide bonds. The molecule has 0 spiro atoms. The van der Waals surface area contributed by atoms with Gasteiger partial charge in [-0.3, -0.25) is 0 Å². The Morgan fingerprint density at radius 1 is 0.500 bits per heavy atom. The molecule has 8 fully saturated rings. The number of rotatable bonds is 4. The minimum Gasteiger partial charge on any atom is -0.242 e. The van der Waals surface area contributed by atoms with Gasteiger partial charge in [0.05, 0.1) is 0 Å². The Balaban J connectivity index is 1.12. The zero-order valence-corrected chi connectivity index (χ0v) is 18.4. The standard InChI is InChI=1S/C24H30N6O2/c1-13-2-15-3-14(1)8-23(7-13,9-15)19-21(29-31-27-19)25-26-22-20(28-32-30-22)24-10-16-4-17(11-24)6-18(5-16)12-24/h13-18H,1-12H2. The van der Waals surface area contributed by atoms with Gasteiger partial charge in [-0.15, -0.1) is 10.2 Å². The van der Waals surface area contributed by atoms with Gasteiger partial charge in [-0.25, -0.2) is 9.26 Å². The van der Waals surface area contributed by atoms with Crippen LogP contribution in [0.4, 0.5) is 11.6 Å². The average molecular weight is 435 g/mol. The highest BCUT2D eigenvalue weighted by atomic mass is 16.6. The summed E-state index contributed by atoms with van der Waals surface area (Å²) in [5, 5.41) is 26.2. The quantitative estimate of drug-likeness (QED) is 0.563. The van der Waals surface area contributed by atoms with Gasteiger partial charge in [0.15, 0.2) is 0 Å². The SMILES string of the molecule is C1C2CC3CC1CC(c1nonc1N=Nc1nonc1C14CC5CC(CC(C5)C1)C4)(C2)C3. The molecule has 168 valence electrons. The van der Waals surface area contributed by atoms with Gasteiger partial charge in [0, 0.05) is 10.8 Å². The van der Waals surface area contributed by atoms with Gasteiger partial charge in [-0.05, 0) is 123 Å². The fourth-order valence-electron chi connectivity index (χ4n) is 10.1. The lowest BCUT2D eigenvalue weighted by Gasteiger charge is -2.55. The molecule has 0 unspecified atom stereocenters. The summed E-state index contributed by atoms with van der Waals surface area (Å²) < 4.78 is 10.4. The largest absolute Gasteiger partial charge is 0.242 e. The van der Waals surface area contributed by atoms with E-state index < -0.39 is 0 Å². The van der Waals surface area contributed by atoms with Crippen molar-refractivity contribution >= 4 is 11.6 Å². The molecule has 0 atom stereocenters. The van der Waals surface area contributed by atoms with Crippen LogP contribution in [-0.4, -0.2) is 20.6 Å². The third-order valence-corrected chi connectivity index (χ3v) is 10.3. The molecule has 0 aromatic carbocycles. The van der Waals surface area contributed by atoms with Crippen molar-refractivity contribution in [2.45, 2.75) is 87.9 Å². The number of nitrogens with zero attached hydrogens (tertiary/aromatic N) is 6. The summed E-state index contributed by atoms with van der Waals surface area (Å²) >= 11 is 0. The van der Waals surface area contributed by atoms with Crippen LogP contribution in [0, 0.1) is 35.5 Å². The summed E-state index contributed by atoms with van der Waals surface area (Å²) in [4.78, 5) is 0. The van der Waals surface area contributed by atoms with Gasteiger partial charge < -0.3 is 0 Å². The molecule has 8 aliphatic rings. The highest BCUT2D eigenvalue weighted by Gasteiger charge is 2.55. The van der Waals surface area contributed by atoms with E-state index in [1.165, 1.54) is 77.0 Å². The minimum atomic E-state index is 0.0773. The number of aromatic nitrogens is 4. The van der Waals surface area contributed by atoms with Crippen LogP contribution in [-0.2, 0) is 10.8 Å². The topological polar surface area (TPSA) is 103 Å². The lowest BCUT2D eigenvalue weighted by molar-refractivity contribution is -0.00857. The van der Waals surface area contributed by atoms with Crippen molar-refractivity contribution < 1.29 is 9.26 Å². The maximum atomic E-state index is 5.22. The second kappa shape index (κ2) is 6.26. The van der Waals surface area contributed by atoms with E-state index in [0.717, 1.165) is 46.9 Å². The maximum Gasteiger partial charge on any atom is 0.241 e. The van der Waals surface area contributed by atoms with Crippen molar-refractivity contribution in [3.05, 3.63) is 11.4 Å². The first-order chi connectivity index (χ1) is 15.7. The number of azo groups is 1. The first-order valence-corrected chi connectivity index (χ1v) is 12.7. The van der Waals surface area contributed by atoms with Gasteiger partial charge in [-0.2, -0.15) is 0 Å². The lowest BCUT2D eigenvalue weighted by Crippen LogP contribution is -2.48. The monoisotopic (exact) mass is 434 g/mol. The van der Waals surface area contributed by atoms with Crippen LogP contribution in [0.1, 0.15) is 88.4 Å². The average Bonchev–Trinajstić information content (AvgIpc) is 3.40. The molecule has 32 heavy (non-hydrogen) atoms. The molecular formula is C24H30N6O2. The van der Waals surface area contributed by atoms with Crippen molar-refractivity contribution in [3.8, 4) is 0 Å². The van der Waals surface area contributed by atoms with Crippen molar-refractivity contribution in [1.29, 1.82) is 0 Å². The fraction of sp³-hybridized carbons (Fsp3) is 0.833. The molecule has 2 aromatic heterocycles. The number of hydrogen-bond acceptors (Lipinski definition) is 8. The van der Waals surface area contributed by atoms with Crippen LogP contribution in [0.3, 0.4) is 0 Å². The highest BCUT2D eigenvalue weighted by molar-refractivity contribution is 5.42. The summed E-state index contributed by atoms with van der Waals surface area (Å²) in [6, 6.07) is 0. The van der Waals surface area contributed by atoms with E-state index in [2.05, 4.69) is 30.9 Å². The number of hydrogen-bond donors (Lipinski definition) is 0. The van der Waals surface area contributed by atoms with Crippen LogP contribution < -0.4 is 0 Å². The first kappa shape index (κ1) is 18.3. The smallest absolute Gasteiger partial charge is 0.241 e. The minimum absolute atomic E-state index is 0.0773. The van der Waals surface area contributed by atoms with Crippen molar-refractivity contribution in [2.24, 2.45) is 45.7 Å². The van der Waals surface area contributed by atoms with Gasteiger partial charge in [0.1, 0.15) is 11.4 Å². The predicted octanol–water partition coefficient (Wildman–Crippen LogP) is 5.80. The van der Waals surface area contributed by atoms with Crippen LogP contribution in [0.15, 0.2) is 19.5 Å². The summed E-state index contributed by atoms with van der Waals surface area (Å²) in [5.74, 6) is 6.01. The second-order valence-electron chi connectivity index (χ2n) is 12.5. The van der Waals surface area contributed by atoms with E-state index >= 15 is 0 Å². The normalized spacial score (nSPS) is 46.0. The summed E-state index contributed by atoms with van der Waals surface area (Å²) in [6.45, 7) is 0. The van der Waals surface area contributed by atoms with E-state index in [1.54, 1.807) is 0 Å². The molecular weight excluding hydrogens is 404 g/mol. The highest BCUT2D eigenvalue weighted by Crippen LogP contribution is 2.62. The van der Waals surface area contributed by atoms with E-state index in [9.17, 15) is 0 Å². The molecule has 0 N–H and O–H groups in total. The van der Waals surface area contributed by atoms with E-state index in [4.69, 9.17) is 9.26 Å². The Morgan fingerprint density at radius 2 is 0.812 bits per heavy atom. The Labute approximate surface area is 186 Å². The molecule has 10 rings (SSSR count). The third kappa shape index (κ3) is 2.55. The van der Waals surface area contributed by atoms with Crippen LogP contribution in [0.2, 0.25) is 0 Å². The molecule has 2 heterocycles. The molecule has 8 nitrogen and oxygen atoms in total. The van der Waals surface area contributed by atoms with Gasteiger partial charge >= 0.3 is 0 Å². The Hall–Kier alpha value is -2.12. The van der Waals surface area contributed by atoms with Gasteiger partial charge in [0.2, 0.25) is 11.6 Å². The summed E-state index contributed by atoms with van der Waals surface area (Å²) in [7, 11) is 0. The van der Waals surface area contributed by atoms with Gasteiger partial charge in [0.25, 0.3) is 0 Å². The van der Waals surface area contributed by atoms with Crippen molar-refractivity contribution in [3.63, 3.8) is 0 Å². The molecule has 0 radical (unpaired) electrons. The summed E-state index contributed by atoms with van der Waals surface area (Å²) in [5.41, 5.74) is 2.00. The zero-order valence-electron chi connectivity index (χ0n) is 18.4. The molecule has 2 aromatic rings. The molecule has 0 saturated heterocycles. The third-order valence-electron chi connectivity index (χ3n) is 10.3. The zero-order chi connectivity index (χ0) is 20.9.